The highest BCUT2D eigenvalue weighted by Crippen LogP contribution is 2.21. The number of carbonyl (C=O) groups excluding carboxylic acids is 2. The van der Waals surface area contributed by atoms with Gasteiger partial charge in [0.05, 0.1) is 5.60 Å². The predicted molar refractivity (Wildman–Crippen MR) is 144 cm³/mol. The molecule has 0 saturated heterocycles. The van der Waals surface area contributed by atoms with Crippen molar-refractivity contribution in [1.29, 1.82) is 0 Å². The van der Waals surface area contributed by atoms with E-state index < -0.39 is 22.7 Å². The van der Waals surface area contributed by atoms with Crippen LogP contribution in [0.2, 0.25) is 0 Å². The maximum absolute atomic E-state index is 12.8. The number of rotatable bonds is 12. The molecule has 0 radical (unpaired) electrons. The molecule has 0 unspecified atom stereocenters. The van der Waals surface area contributed by atoms with Crippen LogP contribution in [0.1, 0.15) is 62.9 Å². The molecule has 1 heterocycles. The number of nitrogens with one attached hydrogen (secondary N) is 2. The number of carbonyl (C=O) groups is 2. The standard InChI is InChI=1S/C29H36N2O7/c1-28(2,31-26(35)23-17-20-7-10-22(33)18-24(20)38-27(23)36)14-16-37-29(3,4)13-11-25(34)30-15-12-19-5-8-21(32)9-6-19/h5-10,17-18,32-33H,11-16H2,1-4H3,(H,30,34)(H,31,35). The lowest BCUT2D eigenvalue weighted by Crippen LogP contribution is -2.46. The van der Waals surface area contributed by atoms with E-state index in [1.807, 2.05) is 39.8 Å². The topological polar surface area (TPSA) is 138 Å². The van der Waals surface area contributed by atoms with Crippen molar-refractivity contribution in [2.75, 3.05) is 13.2 Å². The second-order valence-electron chi connectivity index (χ2n) is 10.6. The van der Waals surface area contributed by atoms with Crippen LogP contribution in [-0.4, -0.2) is 46.3 Å². The molecule has 0 bridgehead atoms. The van der Waals surface area contributed by atoms with Gasteiger partial charge < -0.3 is 30.0 Å². The summed E-state index contributed by atoms with van der Waals surface area (Å²) < 4.78 is 11.2. The Morgan fingerprint density at radius 1 is 0.947 bits per heavy atom. The van der Waals surface area contributed by atoms with Crippen LogP contribution in [0.3, 0.4) is 0 Å². The zero-order valence-electron chi connectivity index (χ0n) is 22.3. The summed E-state index contributed by atoms with van der Waals surface area (Å²) in [6.45, 7) is 8.36. The third-order valence-corrected chi connectivity index (χ3v) is 6.26. The number of benzene rings is 2. The Kier molecular flexibility index (Phi) is 9.17. The summed E-state index contributed by atoms with van der Waals surface area (Å²) in [4.78, 5) is 37.4. The minimum atomic E-state index is -0.782. The summed E-state index contributed by atoms with van der Waals surface area (Å²) in [7, 11) is 0. The number of fused-ring (bicyclic) bond motifs is 1. The molecule has 9 nitrogen and oxygen atoms in total. The number of hydrogen-bond donors (Lipinski definition) is 4. The molecular weight excluding hydrogens is 488 g/mol. The van der Waals surface area contributed by atoms with Gasteiger partial charge >= 0.3 is 5.63 Å². The lowest BCUT2D eigenvalue weighted by Gasteiger charge is -2.30. The van der Waals surface area contributed by atoms with E-state index in [9.17, 15) is 24.6 Å². The van der Waals surface area contributed by atoms with Crippen LogP contribution < -0.4 is 16.3 Å². The summed E-state index contributed by atoms with van der Waals surface area (Å²) >= 11 is 0. The second kappa shape index (κ2) is 12.1. The van der Waals surface area contributed by atoms with Crippen LogP contribution in [0.4, 0.5) is 0 Å². The smallest absolute Gasteiger partial charge is 0.349 e. The molecule has 204 valence electrons. The van der Waals surface area contributed by atoms with Crippen LogP contribution >= 0.6 is 0 Å². The first kappa shape index (κ1) is 28.7. The third kappa shape index (κ3) is 8.62. The summed E-state index contributed by atoms with van der Waals surface area (Å²) in [5.41, 5.74) is -0.881. The number of aromatic hydroxyl groups is 2. The van der Waals surface area contributed by atoms with Gasteiger partial charge in [-0.3, -0.25) is 9.59 Å². The van der Waals surface area contributed by atoms with Crippen molar-refractivity contribution in [2.45, 2.75) is 64.5 Å². The quantitative estimate of drug-likeness (QED) is 0.262. The van der Waals surface area contributed by atoms with Crippen molar-refractivity contribution in [3.8, 4) is 11.5 Å². The van der Waals surface area contributed by atoms with Gasteiger partial charge in [0.2, 0.25) is 5.91 Å². The molecule has 0 aliphatic heterocycles. The van der Waals surface area contributed by atoms with E-state index in [2.05, 4.69) is 10.6 Å². The maximum Gasteiger partial charge on any atom is 0.349 e. The highest BCUT2D eigenvalue weighted by atomic mass is 16.5. The minimum Gasteiger partial charge on any atom is -0.508 e. The average Bonchev–Trinajstić information content (AvgIpc) is 2.83. The fourth-order valence-electron chi connectivity index (χ4n) is 3.86. The molecule has 38 heavy (non-hydrogen) atoms. The van der Waals surface area contributed by atoms with Gasteiger partial charge in [0.25, 0.3) is 5.91 Å². The molecule has 0 atom stereocenters. The maximum atomic E-state index is 12.8. The second-order valence-corrected chi connectivity index (χ2v) is 10.6. The monoisotopic (exact) mass is 524 g/mol. The minimum absolute atomic E-state index is 0.0341. The van der Waals surface area contributed by atoms with Gasteiger partial charge in [-0.2, -0.15) is 0 Å². The molecule has 1 aromatic heterocycles. The van der Waals surface area contributed by atoms with Crippen molar-refractivity contribution >= 4 is 22.8 Å². The fourth-order valence-corrected chi connectivity index (χ4v) is 3.86. The van der Waals surface area contributed by atoms with E-state index in [1.165, 1.54) is 18.2 Å². The Labute approximate surface area is 221 Å². The van der Waals surface area contributed by atoms with Crippen molar-refractivity contribution in [1.82, 2.24) is 10.6 Å². The van der Waals surface area contributed by atoms with Crippen molar-refractivity contribution in [3.63, 3.8) is 0 Å². The molecule has 0 saturated carbocycles. The molecule has 2 amide bonds. The highest BCUT2D eigenvalue weighted by Gasteiger charge is 2.26. The number of phenols is 2. The van der Waals surface area contributed by atoms with Crippen LogP contribution in [0.15, 0.2) is 57.7 Å². The molecular formula is C29H36N2O7. The SMILES string of the molecule is CC(C)(CCOC(C)(C)CCC(=O)NCCc1ccc(O)cc1)NC(=O)c1cc2ccc(O)cc2oc1=O. The van der Waals surface area contributed by atoms with Gasteiger partial charge in [-0.1, -0.05) is 12.1 Å². The summed E-state index contributed by atoms with van der Waals surface area (Å²) in [5, 5.41) is 25.2. The fraction of sp³-hybridized carbons (Fsp3) is 0.414. The zero-order valence-corrected chi connectivity index (χ0v) is 22.3. The van der Waals surface area contributed by atoms with Gasteiger partial charge in [0, 0.05) is 36.6 Å². The van der Waals surface area contributed by atoms with E-state index in [1.54, 1.807) is 18.2 Å². The molecule has 9 heteroatoms. The number of amides is 2. The van der Waals surface area contributed by atoms with Gasteiger partial charge in [-0.05, 0) is 82.9 Å². The van der Waals surface area contributed by atoms with Crippen molar-refractivity contribution < 1.29 is 29.0 Å². The van der Waals surface area contributed by atoms with Crippen LogP contribution in [0.25, 0.3) is 11.0 Å². The highest BCUT2D eigenvalue weighted by molar-refractivity contribution is 5.97. The van der Waals surface area contributed by atoms with E-state index in [0.29, 0.717) is 44.2 Å². The third-order valence-electron chi connectivity index (χ3n) is 6.26. The Balaban J connectivity index is 1.42. The van der Waals surface area contributed by atoms with E-state index in [0.717, 1.165) is 5.56 Å². The average molecular weight is 525 g/mol. The zero-order chi connectivity index (χ0) is 27.9. The molecule has 2 aromatic carbocycles. The lowest BCUT2D eigenvalue weighted by atomic mass is 9.99. The molecule has 3 aromatic rings. The Morgan fingerprint density at radius 3 is 2.34 bits per heavy atom. The Morgan fingerprint density at radius 2 is 1.63 bits per heavy atom. The lowest BCUT2D eigenvalue weighted by molar-refractivity contribution is -0.123. The molecule has 0 aliphatic rings. The largest absolute Gasteiger partial charge is 0.508 e. The Hall–Kier alpha value is -3.85. The number of hydrogen-bond acceptors (Lipinski definition) is 7. The van der Waals surface area contributed by atoms with E-state index in [-0.39, 0.29) is 28.6 Å². The Bertz CT molecular complexity index is 1330. The van der Waals surface area contributed by atoms with Crippen molar-refractivity contribution in [3.05, 3.63) is 70.1 Å². The molecule has 0 spiro atoms. The summed E-state index contributed by atoms with van der Waals surface area (Å²) in [6.07, 6.45) is 2.00. The van der Waals surface area contributed by atoms with E-state index >= 15 is 0 Å². The van der Waals surface area contributed by atoms with Gasteiger partial charge in [0.15, 0.2) is 0 Å². The van der Waals surface area contributed by atoms with Gasteiger partial charge in [0.1, 0.15) is 22.6 Å². The first-order valence-electron chi connectivity index (χ1n) is 12.6. The first-order chi connectivity index (χ1) is 17.8. The normalized spacial score (nSPS) is 11.9. The molecule has 0 aliphatic carbocycles. The molecule has 3 rings (SSSR count). The van der Waals surface area contributed by atoms with Gasteiger partial charge in [-0.25, -0.2) is 4.79 Å². The van der Waals surface area contributed by atoms with Crippen LogP contribution in [0, 0.1) is 0 Å². The van der Waals surface area contributed by atoms with E-state index in [4.69, 9.17) is 9.15 Å². The van der Waals surface area contributed by atoms with Crippen LogP contribution in [0.5, 0.6) is 11.5 Å². The van der Waals surface area contributed by atoms with Crippen LogP contribution in [-0.2, 0) is 16.0 Å². The predicted octanol–water partition coefficient (Wildman–Crippen LogP) is 4.04. The first-order valence-corrected chi connectivity index (χ1v) is 12.6. The molecule has 4 N–H and O–H groups in total. The summed E-state index contributed by atoms with van der Waals surface area (Å²) in [6, 6.07) is 12.7. The molecule has 0 fully saturated rings. The summed E-state index contributed by atoms with van der Waals surface area (Å²) in [5.74, 6) is -0.432. The van der Waals surface area contributed by atoms with Gasteiger partial charge in [-0.15, -0.1) is 0 Å². The number of ether oxygens (including phenoxy) is 1. The van der Waals surface area contributed by atoms with Crippen molar-refractivity contribution in [2.24, 2.45) is 0 Å². The number of phenolic OH excluding ortho intramolecular Hbond substituents is 2.